The number of ether oxygens (including phenoxy) is 2. The molecule has 5 nitrogen and oxygen atoms in total. The molecule has 0 aliphatic carbocycles. The van der Waals surface area contributed by atoms with Gasteiger partial charge >= 0.3 is 0 Å². The lowest BCUT2D eigenvalue weighted by Crippen LogP contribution is -2.15. The summed E-state index contributed by atoms with van der Waals surface area (Å²) in [6, 6.07) is 7.43. The minimum atomic E-state index is 0.361. The van der Waals surface area contributed by atoms with E-state index < -0.39 is 0 Å². The normalized spacial score (nSPS) is 13.3. The molecule has 0 bridgehead atoms. The molecule has 2 aromatic rings. The molecule has 6 heteroatoms. The van der Waals surface area contributed by atoms with Gasteiger partial charge in [0.15, 0.2) is 16.3 Å². The maximum Gasteiger partial charge on any atom is 0.199 e. The first-order chi connectivity index (χ1) is 8.72. The van der Waals surface area contributed by atoms with Crippen molar-refractivity contribution in [3.8, 4) is 22.8 Å². The van der Waals surface area contributed by atoms with Gasteiger partial charge in [0.25, 0.3) is 0 Å². The monoisotopic (exact) mass is 261 g/mol. The fraction of sp³-hybridized carbons (Fsp3) is 0.167. The molecular weight excluding hydrogens is 250 g/mol. The predicted molar refractivity (Wildman–Crippen MR) is 70.3 cm³/mol. The van der Waals surface area contributed by atoms with Crippen molar-refractivity contribution in [1.82, 2.24) is 9.97 Å². The van der Waals surface area contributed by atoms with Crippen molar-refractivity contribution in [1.29, 1.82) is 0 Å². The number of nitrogens with two attached hydrogens (primary N) is 1. The van der Waals surface area contributed by atoms with Crippen LogP contribution in [0.3, 0.4) is 0 Å². The number of nitrogen functional groups attached to an aromatic ring is 1. The van der Waals surface area contributed by atoms with E-state index in [0.29, 0.717) is 23.8 Å². The molecule has 0 radical (unpaired) electrons. The van der Waals surface area contributed by atoms with Gasteiger partial charge < -0.3 is 20.2 Å². The van der Waals surface area contributed by atoms with E-state index in [1.165, 1.54) is 0 Å². The molecule has 3 rings (SSSR count). The summed E-state index contributed by atoms with van der Waals surface area (Å²) < 4.78 is 11.4. The molecule has 2 heterocycles. The van der Waals surface area contributed by atoms with Crippen LogP contribution in [-0.2, 0) is 0 Å². The molecule has 1 aliphatic rings. The highest BCUT2D eigenvalue weighted by atomic mass is 32.1. The van der Waals surface area contributed by atoms with Crippen LogP contribution in [0.2, 0.25) is 0 Å². The summed E-state index contributed by atoms with van der Waals surface area (Å²) in [6.45, 7) is 1.14. The first kappa shape index (κ1) is 11.0. The number of H-pyrrole nitrogens is 1. The molecule has 92 valence electrons. The van der Waals surface area contributed by atoms with Crippen LogP contribution < -0.4 is 15.2 Å². The predicted octanol–water partition coefficient (Wildman–Crippen LogP) is 2.16. The molecule has 0 spiro atoms. The summed E-state index contributed by atoms with van der Waals surface area (Å²) in [5.41, 5.74) is 7.42. The molecule has 0 unspecified atom stereocenters. The van der Waals surface area contributed by atoms with Gasteiger partial charge in [0.1, 0.15) is 19.0 Å². The van der Waals surface area contributed by atoms with Gasteiger partial charge in [0.05, 0.1) is 5.69 Å². The van der Waals surface area contributed by atoms with Crippen LogP contribution in [0.5, 0.6) is 11.5 Å². The van der Waals surface area contributed by atoms with Crippen LogP contribution in [0, 0.1) is 4.77 Å². The second-order valence-electron chi connectivity index (χ2n) is 3.88. The van der Waals surface area contributed by atoms with E-state index in [1.54, 1.807) is 6.07 Å². The van der Waals surface area contributed by atoms with Crippen molar-refractivity contribution in [3.63, 3.8) is 0 Å². The summed E-state index contributed by atoms with van der Waals surface area (Å²) in [7, 11) is 0. The first-order valence-corrected chi connectivity index (χ1v) is 5.90. The number of fused-ring (bicyclic) bond motifs is 1. The third kappa shape index (κ3) is 2.02. The van der Waals surface area contributed by atoms with Crippen LogP contribution in [0.4, 0.5) is 5.82 Å². The molecular formula is C12H11N3O2S. The zero-order valence-electron chi connectivity index (χ0n) is 9.47. The summed E-state index contributed by atoms with van der Waals surface area (Å²) >= 11 is 5.01. The van der Waals surface area contributed by atoms with Crippen LogP contribution in [0.1, 0.15) is 0 Å². The number of hydrogen-bond acceptors (Lipinski definition) is 5. The molecule has 0 saturated heterocycles. The van der Waals surface area contributed by atoms with Crippen molar-refractivity contribution in [2.24, 2.45) is 0 Å². The Hall–Kier alpha value is -2.08. The number of aromatic amines is 1. The summed E-state index contributed by atoms with van der Waals surface area (Å²) in [4.78, 5) is 6.93. The summed E-state index contributed by atoms with van der Waals surface area (Å²) in [5, 5.41) is 0. The molecule has 3 N–H and O–H groups in total. The maximum atomic E-state index is 5.68. The van der Waals surface area contributed by atoms with Crippen LogP contribution in [-0.4, -0.2) is 23.2 Å². The number of benzene rings is 1. The molecule has 0 saturated carbocycles. The lowest BCUT2D eigenvalue weighted by Gasteiger charge is -2.18. The molecule has 0 amide bonds. The van der Waals surface area contributed by atoms with Gasteiger partial charge in [0.2, 0.25) is 0 Å². The molecule has 18 heavy (non-hydrogen) atoms. The summed E-state index contributed by atoms with van der Waals surface area (Å²) in [6.07, 6.45) is 0. The quantitative estimate of drug-likeness (QED) is 0.769. The second-order valence-corrected chi connectivity index (χ2v) is 4.27. The Morgan fingerprint density at radius 2 is 1.94 bits per heavy atom. The van der Waals surface area contributed by atoms with Gasteiger partial charge in [-0.15, -0.1) is 0 Å². The standard InChI is InChI=1S/C12H11N3O2S/c13-11-6-8(14-12(18)15-11)7-1-2-9-10(5-7)17-4-3-16-9/h1-2,5-6H,3-4H2,(H3,13,14,15,18). The van der Waals surface area contributed by atoms with Crippen molar-refractivity contribution < 1.29 is 9.47 Å². The van der Waals surface area contributed by atoms with Gasteiger partial charge in [-0.05, 0) is 30.4 Å². The number of hydrogen-bond donors (Lipinski definition) is 2. The number of nitrogens with one attached hydrogen (secondary N) is 1. The highest BCUT2D eigenvalue weighted by Gasteiger charge is 2.12. The minimum absolute atomic E-state index is 0.361. The first-order valence-electron chi connectivity index (χ1n) is 5.49. The van der Waals surface area contributed by atoms with E-state index in [9.17, 15) is 0 Å². The fourth-order valence-electron chi connectivity index (χ4n) is 1.84. The highest BCUT2D eigenvalue weighted by molar-refractivity contribution is 7.71. The highest BCUT2D eigenvalue weighted by Crippen LogP contribution is 2.34. The zero-order valence-corrected chi connectivity index (χ0v) is 10.3. The SMILES string of the molecule is Nc1cc(-c2ccc3c(c2)OCCO3)[nH]c(=S)n1. The van der Waals surface area contributed by atoms with Crippen molar-refractivity contribution in [2.45, 2.75) is 0 Å². The van der Waals surface area contributed by atoms with Crippen LogP contribution in [0.15, 0.2) is 24.3 Å². The van der Waals surface area contributed by atoms with Crippen molar-refractivity contribution in [3.05, 3.63) is 29.0 Å². The van der Waals surface area contributed by atoms with Gasteiger partial charge in [-0.1, -0.05) is 0 Å². The Kier molecular flexibility index (Phi) is 2.64. The second kappa shape index (κ2) is 4.30. The Labute approximate surface area is 109 Å². The Bertz CT molecular complexity index is 654. The van der Waals surface area contributed by atoms with E-state index in [1.807, 2.05) is 18.2 Å². The van der Waals surface area contributed by atoms with Crippen LogP contribution in [0.25, 0.3) is 11.3 Å². The Morgan fingerprint density at radius 1 is 1.17 bits per heavy atom. The van der Waals surface area contributed by atoms with E-state index in [0.717, 1.165) is 22.8 Å². The maximum absolute atomic E-state index is 5.68. The number of nitrogens with zero attached hydrogens (tertiary/aromatic N) is 1. The number of rotatable bonds is 1. The largest absolute Gasteiger partial charge is 0.486 e. The van der Waals surface area contributed by atoms with Crippen molar-refractivity contribution in [2.75, 3.05) is 18.9 Å². The molecule has 0 fully saturated rings. The molecule has 1 aliphatic heterocycles. The smallest absolute Gasteiger partial charge is 0.199 e. The van der Waals surface area contributed by atoms with Gasteiger partial charge in [0, 0.05) is 11.6 Å². The Morgan fingerprint density at radius 3 is 2.72 bits per heavy atom. The van der Waals surface area contributed by atoms with Gasteiger partial charge in [-0.25, -0.2) is 4.98 Å². The molecule has 1 aromatic carbocycles. The third-order valence-electron chi connectivity index (χ3n) is 2.62. The molecule has 1 aromatic heterocycles. The van der Waals surface area contributed by atoms with E-state index in [-0.39, 0.29) is 0 Å². The number of aromatic nitrogens is 2. The van der Waals surface area contributed by atoms with Gasteiger partial charge in [-0.2, -0.15) is 0 Å². The van der Waals surface area contributed by atoms with Crippen LogP contribution >= 0.6 is 12.2 Å². The number of anilines is 1. The fourth-order valence-corrected chi connectivity index (χ4v) is 2.06. The minimum Gasteiger partial charge on any atom is -0.486 e. The van der Waals surface area contributed by atoms with Crippen molar-refractivity contribution >= 4 is 18.0 Å². The van der Waals surface area contributed by atoms with E-state index in [2.05, 4.69) is 9.97 Å². The average Bonchev–Trinajstić information content (AvgIpc) is 2.37. The third-order valence-corrected chi connectivity index (χ3v) is 2.81. The molecule has 0 atom stereocenters. The average molecular weight is 261 g/mol. The lowest BCUT2D eigenvalue weighted by atomic mass is 10.1. The van der Waals surface area contributed by atoms with Gasteiger partial charge in [-0.3, -0.25) is 0 Å². The van der Waals surface area contributed by atoms with E-state index >= 15 is 0 Å². The zero-order chi connectivity index (χ0) is 12.5. The Balaban J connectivity index is 2.08. The summed E-state index contributed by atoms with van der Waals surface area (Å²) in [5.74, 6) is 1.88. The topological polar surface area (TPSA) is 73.2 Å². The lowest BCUT2D eigenvalue weighted by molar-refractivity contribution is 0.171. The van der Waals surface area contributed by atoms with E-state index in [4.69, 9.17) is 27.4 Å².